The minimum Gasteiger partial charge on any atom is -0.336 e. The molecular formula is C13H20N4OS. The number of carbonyl (C=O) groups excluding carboxylic acids is 1. The van der Waals surface area contributed by atoms with Crippen LogP contribution < -0.4 is 5.32 Å². The topological polar surface area (TPSA) is 58.1 Å². The molecule has 1 N–H and O–H groups in total. The number of fused-ring (bicyclic) bond motifs is 2. The zero-order valence-corrected chi connectivity index (χ0v) is 12.1. The first-order chi connectivity index (χ1) is 9.28. The summed E-state index contributed by atoms with van der Waals surface area (Å²) >= 11 is 1.25. The largest absolute Gasteiger partial charge is 0.336 e. The third kappa shape index (κ3) is 2.65. The number of rotatable bonds is 3. The molecule has 0 aliphatic carbocycles. The Morgan fingerprint density at radius 1 is 1.42 bits per heavy atom. The van der Waals surface area contributed by atoms with Crippen molar-refractivity contribution < 1.29 is 4.79 Å². The van der Waals surface area contributed by atoms with Gasteiger partial charge in [-0.3, -0.25) is 4.79 Å². The minimum absolute atomic E-state index is 0.132. The molecule has 2 unspecified atom stereocenters. The van der Waals surface area contributed by atoms with Gasteiger partial charge in [0.1, 0.15) is 4.88 Å². The molecule has 0 spiro atoms. The Labute approximate surface area is 117 Å². The van der Waals surface area contributed by atoms with Crippen molar-refractivity contribution in [3.05, 3.63) is 10.6 Å². The molecule has 2 fully saturated rings. The van der Waals surface area contributed by atoms with Gasteiger partial charge in [-0.2, -0.15) is 0 Å². The van der Waals surface area contributed by atoms with Crippen LogP contribution >= 0.6 is 11.5 Å². The van der Waals surface area contributed by atoms with Gasteiger partial charge >= 0.3 is 0 Å². The van der Waals surface area contributed by atoms with Crippen molar-refractivity contribution in [3.8, 4) is 0 Å². The van der Waals surface area contributed by atoms with E-state index in [1.54, 1.807) is 0 Å². The highest BCUT2D eigenvalue weighted by Crippen LogP contribution is 2.23. The SMILES string of the molecule is CCCc1nnsc1C(=O)N1CCC2CCC(C1)N2. The smallest absolute Gasteiger partial charge is 0.267 e. The van der Waals surface area contributed by atoms with Crippen LogP contribution in [0.4, 0.5) is 0 Å². The van der Waals surface area contributed by atoms with Gasteiger partial charge < -0.3 is 10.2 Å². The van der Waals surface area contributed by atoms with Gasteiger partial charge in [-0.15, -0.1) is 5.10 Å². The Hall–Kier alpha value is -1.01. The maximum Gasteiger partial charge on any atom is 0.267 e. The first kappa shape index (κ1) is 13.0. The summed E-state index contributed by atoms with van der Waals surface area (Å²) in [5.74, 6) is 0.132. The molecule has 2 saturated heterocycles. The summed E-state index contributed by atoms with van der Waals surface area (Å²) in [6.45, 7) is 3.79. The lowest BCUT2D eigenvalue weighted by molar-refractivity contribution is 0.0751. The quantitative estimate of drug-likeness (QED) is 0.910. The molecule has 2 bridgehead atoms. The standard InChI is InChI=1S/C13H20N4OS/c1-2-3-11-12(19-16-15-11)13(18)17-7-6-9-4-5-10(8-17)14-9/h9-10,14H,2-8H2,1H3. The lowest BCUT2D eigenvalue weighted by Crippen LogP contribution is -2.39. The highest BCUT2D eigenvalue weighted by molar-refractivity contribution is 7.08. The van der Waals surface area contributed by atoms with E-state index in [1.807, 2.05) is 4.90 Å². The van der Waals surface area contributed by atoms with Gasteiger partial charge in [-0.1, -0.05) is 17.8 Å². The van der Waals surface area contributed by atoms with E-state index in [4.69, 9.17) is 0 Å². The Morgan fingerprint density at radius 2 is 2.26 bits per heavy atom. The number of hydrogen-bond donors (Lipinski definition) is 1. The summed E-state index contributed by atoms with van der Waals surface area (Å²) in [7, 11) is 0. The molecule has 0 radical (unpaired) electrons. The van der Waals surface area contributed by atoms with Crippen molar-refractivity contribution >= 4 is 17.4 Å². The number of nitrogens with one attached hydrogen (secondary N) is 1. The molecule has 1 amide bonds. The van der Waals surface area contributed by atoms with Gasteiger partial charge in [0.2, 0.25) is 0 Å². The molecule has 0 saturated carbocycles. The maximum absolute atomic E-state index is 12.6. The summed E-state index contributed by atoms with van der Waals surface area (Å²) in [6, 6.07) is 1.09. The van der Waals surface area contributed by atoms with E-state index < -0.39 is 0 Å². The average molecular weight is 280 g/mol. The molecule has 0 aromatic carbocycles. The Balaban J connectivity index is 1.74. The van der Waals surface area contributed by atoms with E-state index in [9.17, 15) is 4.79 Å². The third-order valence-corrected chi connectivity index (χ3v) is 4.80. The molecule has 1 aromatic rings. The van der Waals surface area contributed by atoms with E-state index in [0.717, 1.165) is 42.9 Å². The van der Waals surface area contributed by atoms with Crippen LogP contribution in [0.25, 0.3) is 0 Å². The normalized spacial score (nSPS) is 26.5. The van der Waals surface area contributed by atoms with Gasteiger partial charge in [0.25, 0.3) is 5.91 Å². The van der Waals surface area contributed by atoms with Crippen molar-refractivity contribution in [1.29, 1.82) is 0 Å². The zero-order valence-electron chi connectivity index (χ0n) is 11.3. The maximum atomic E-state index is 12.6. The number of hydrogen-bond acceptors (Lipinski definition) is 5. The number of aryl methyl sites for hydroxylation is 1. The van der Waals surface area contributed by atoms with E-state index in [-0.39, 0.29) is 5.91 Å². The second kappa shape index (κ2) is 5.54. The molecule has 19 heavy (non-hydrogen) atoms. The van der Waals surface area contributed by atoms with E-state index in [1.165, 1.54) is 24.4 Å². The van der Waals surface area contributed by atoms with Crippen LogP contribution in [0.5, 0.6) is 0 Å². The number of aromatic nitrogens is 2. The second-order valence-electron chi connectivity index (χ2n) is 5.48. The lowest BCUT2D eigenvalue weighted by atomic mass is 10.1. The second-order valence-corrected chi connectivity index (χ2v) is 6.23. The lowest BCUT2D eigenvalue weighted by Gasteiger charge is -2.23. The summed E-state index contributed by atoms with van der Waals surface area (Å²) in [6.07, 6.45) is 5.36. The summed E-state index contributed by atoms with van der Waals surface area (Å²) in [5.41, 5.74) is 0.875. The van der Waals surface area contributed by atoms with E-state index >= 15 is 0 Å². The third-order valence-electron chi connectivity index (χ3n) is 4.05. The number of nitrogens with zero attached hydrogens (tertiary/aromatic N) is 3. The fraction of sp³-hybridized carbons (Fsp3) is 0.769. The van der Waals surface area contributed by atoms with Gasteiger partial charge in [0, 0.05) is 25.2 Å². The van der Waals surface area contributed by atoms with Crippen molar-refractivity contribution in [2.75, 3.05) is 13.1 Å². The molecule has 2 aliphatic heterocycles. The Bertz CT molecular complexity index is 461. The monoisotopic (exact) mass is 280 g/mol. The van der Waals surface area contributed by atoms with Crippen LogP contribution in [-0.2, 0) is 6.42 Å². The summed E-state index contributed by atoms with van der Waals surface area (Å²) in [5, 5.41) is 7.70. The molecular weight excluding hydrogens is 260 g/mol. The van der Waals surface area contributed by atoms with Gasteiger partial charge in [-0.05, 0) is 37.2 Å². The summed E-state index contributed by atoms with van der Waals surface area (Å²) < 4.78 is 3.96. The molecule has 2 aliphatic rings. The first-order valence-corrected chi connectivity index (χ1v) is 7.91. The minimum atomic E-state index is 0.132. The van der Waals surface area contributed by atoms with Crippen molar-refractivity contribution in [2.24, 2.45) is 0 Å². The fourth-order valence-corrected chi connectivity index (χ4v) is 3.72. The van der Waals surface area contributed by atoms with Crippen LogP contribution in [0.15, 0.2) is 0 Å². The Kier molecular flexibility index (Phi) is 3.79. The van der Waals surface area contributed by atoms with Crippen LogP contribution in [0.3, 0.4) is 0 Å². The molecule has 3 rings (SSSR count). The Morgan fingerprint density at radius 3 is 3.11 bits per heavy atom. The van der Waals surface area contributed by atoms with Crippen LogP contribution in [0.1, 0.15) is 48.0 Å². The molecule has 2 atom stereocenters. The highest BCUT2D eigenvalue weighted by Gasteiger charge is 2.32. The van der Waals surface area contributed by atoms with Crippen LogP contribution in [0, 0.1) is 0 Å². The number of amides is 1. The predicted octanol–water partition coefficient (Wildman–Crippen LogP) is 1.46. The van der Waals surface area contributed by atoms with Crippen LogP contribution in [-0.4, -0.2) is 45.6 Å². The molecule has 3 heterocycles. The van der Waals surface area contributed by atoms with E-state index in [0.29, 0.717) is 12.1 Å². The number of likely N-dealkylation sites (tertiary alicyclic amines) is 1. The van der Waals surface area contributed by atoms with Crippen LogP contribution in [0.2, 0.25) is 0 Å². The van der Waals surface area contributed by atoms with Gasteiger partial charge in [0.15, 0.2) is 0 Å². The molecule has 5 nitrogen and oxygen atoms in total. The molecule has 104 valence electrons. The molecule has 1 aromatic heterocycles. The van der Waals surface area contributed by atoms with Gasteiger partial charge in [-0.25, -0.2) is 0 Å². The fourth-order valence-electron chi connectivity index (χ4n) is 3.04. The van der Waals surface area contributed by atoms with Crippen molar-refractivity contribution in [2.45, 2.75) is 51.1 Å². The summed E-state index contributed by atoms with van der Waals surface area (Å²) in [4.78, 5) is 15.4. The van der Waals surface area contributed by atoms with Crippen molar-refractivity contribution in [3.63, 3.8) is 0 Å². The first-order valence-electron chi connectivity index (χ1n) is 7.14. The zero-order chi connectivity index (χ0) is 13.2. The van der Waals surface area contributed by atoms with Gasteiger partial charge in [0.05, 0.1) is 5.69 Å². The molecule has 6 heteroatoms. The predicted molar refractivity (Wildman–Crippen MR) is 74.4 cm³/mol. The average Bonchev–Trinajstić information content (AvgIpc) is 2.96. The highest BCUT2D eigenvalue weighted by atomic mass is 32.1. The number of carbonyl (C=O) groups is 1. The van der Waals surface area contributed by atoms with Crippen molar-refractivity contribution in [1.82, 2.24) is 19.8 Å². The van der Waals surface area contributed by atoms with E-state index in [2.05, 4.69) is 21.8 Å².